The average molecular weight is 274 g/mol. The van der Waals surface area contributed by atoms with Gasteiger partial charge in [0, 0.05) is 17.8 Å². The van der Waals surface area contributed by atoms with Crippen molar-refractivity contribution in [2.24, 2.45) is 29.6 Å². The predicted molar refractivity (Wildman–Crippen MR) is 80.6 cm³/mol. The van der Waals surface area contributed by atoms with E-state index in [0.717, 1.165) is 23.7 Å². The first kappa shape index (κ1) is 13.8. The monoisotopic (exact) mass is 274 g/mol. The van der Waals surface area contributed by atoms with Gasteiger partial charge < -0.3 is 9.47 Å². The van der Waals surface area contributed by atoms with Crippen LogP contribution in [-0.2, 0) is 9.47 Å². The molecule has 0 radical (unpaired) electrons. The Bertz CT molecular complexity index is 450. The van der Waals surface area contributed by atoms with Crippen molar-refractivity contribution in [2.45, 2.75) is 45.6 Å². The highest BCUT2D eigenvalue weighted by atomic mass is 16.5. The minimum atomic E-state index is 0.305. The van der Waals surface area contributed by atoms with Crippen LogP contribution in [0, 0.1) is 29.6 Å². The molecule has 3 fully saturated rings. The molecule has 1 saturated carbocycles. The van der Waals surface area contributed by atoms with Gasteiger partial charge in [-0.2, -0.15) is 0 Å². The van der Waals surface area contributed by atoms with Gasteiger partial charge >= 0.3 is 0 Å². The van der Waals surface area contributed by atoms with Crippen molar-refractivity contribution < 1.29 is 9.47 Å². The highest BCUT2D eigenvalue weighted by Gasteiger charge is 2.44. The second-order valence-electron chi connectivity index (χ2n) is 6.93. The van der Waals surface area contributed by atoms with Crippen LogP contribution in [0.1, 0.15) is 39.5 Å². The van der Waals surface area contributed by atoms with Gasteiger partial charge in [0.25, 0.3) is 0 Å². The first-order valence-electron chi connectivity index (χ1n) is 7.88. The fourth-order valence-corrected chi connectivity index (χ4v) is 4.25. The Morgan fingerprint density at radius 2 is 1.55 bits per heavy atom. The molecule has 3 aliphatic rings. The van der Waals surface area contributed by atoms with Gasteiger partial charge in [-0.1, -0.05) is 26.7 Å². The maximum atomic E-state index is 5.96. The fourth-order valence-electron chi connectivity index (χ4n) is 4.25. The van der Waals surface area contributed by atoms with E-state index in [2.05, 4.69) is 33.6 Å². The van der Waals surface area contributed by atoms with E-state index in [-0.39, 0.29) is 0 Å². The Labute approximate surface area is 122 Å². The average Bonchev–Trinajstić information content (AvgIpc) is 2.69. The lowest BCUT2D eigenvalue weighted by Gasteiger charge is -2.41. The molecule has 2 aliphatic heterocycles. The van der Waals surface area contributed by atoms with Crippen molar-refractivity contribution in [3.8, 4) is 0 Å². The molecule has 0 aromatic carbocycles. The minimum Gasteiger partial charge on any atom is -0.495 e. The van der Waals surface area contributed by atoms with Crippen molar-refractivity contribution in [1.82, 2.24) is 0 Å². The van der Waals surface area contributed by atoms with Gasteiger partial charge in [0.15, 0.2) is 0 Å². The maximum absolute atomic E-state index is 5.96. The first-order chi connectivity index (χ1) is 9.47. The van der Waals surface area contributed by atoms with E-state index in [4.69, 9.17) is 9.47 Å². The van der Waals surface area contributed by atoms with Crippen molar-refractivity contribution in [1.29, 1.82) is 0 Å². The van der Waals surface area contributed by atoms with Gasteiger partial charge in [0.2, 0.25) is 0 Å². The highest BCUT2D eigenvalue weighted by Crippen LogP contribution is 2.51. The summed E-state index contributed by atoms with van der Waals surface area (Å²) in [6.07, 6.45) is 5.05. The summed E-state index contributed by atoms with van der Waals surface area (Å²) in [5, 5.41) is 0. The molecule has 0 spiro atoms. The second kappa shape index (κ2) is 4.98. The molecule has 3 rings (SSSR count). The van der Waals surface area contributed by atoms with Crippen LogP contribution in [-0.4, -0.2) is 6.10 Å². The van der Waals surface area contributed by atoms with E-state index in [1.54, 1.807) is 0 Å². The number of allylic oxidation sites excluding steroid dienone is 3. The molecule has 2 saturated heterocycles. The lowest BCUT2D eigenvalue weighted by atomic mass is 9.67. The van der Waals surface area contributed by atoms with Crippen LogP contribution >= 0.6 is 0 Å². The van der Waals surface area contributed by atoms with Gasteiger partial charge in [-0.05, 0) is 44.4 Å². The molecule has 110 valence electrons. The maximum Gasteiger partial charge on any atom is 0.100 e. The standard InChI is InChI=1S/C18H26O2/c1-10-8-17(13(4)19-11(10)2)15-6-7-16-12(3)20-14(5)18(16)9-15/h10-11,15-18H,3-9H2,1-2H3/t10?,11-,15?,16?,17?,18?/m0/s1. The van der Waals surface area contributed by atoms with Crippen LogP contribution in [0.3, 0.4) is 0 Å². The molecule has 0 aromatic heterocycles. The van der Waals surface area contributed by atoms with Gasteiger partial charge in [-0.15, -0.1) is 0 Å². The summed E-state index contributed by atoms with van der Waals surface area (Å²) in [5.41, 5.74) is 0. The summed E-state index contributed by atoms with van der Waals surface area (Å²) in [7, 11) is 0. The van der Waals surface area contributed by atoms with E-state index in [9.17, 15) is 0 Å². The van der Waals surface area contributed by atoms with Gasteiger partial charge in [-0.3, -0.25) is 0 Å². The van der Waals surface area contributed by atoms with E-state index >= 15 is 0 Å². The summed E-state index contributed by atoms with van der Waals surface area (Å²) >= 11 is 0. The zero-order valence-corrected chi connectivity index (χ0v) is 12.7. The molecule has 0 bridgehead atoms. The molecule has 0 aromatic rings. The summed E-state index contributed by atoms with van der Waals surface area (Å²) < 4.78 is 11.6. The molecule has 5 unspecified atom stereocenters. The number of fused-ring (bicyclic) bond motifs is 1. The third-order valence-corrected chi connectivity index (χ3v) is 5.73. The summed E-state index contributed by atoms with van der Waals surface area (Å²) in [6, 6.07) is 0. The quantitative estimate of drug-likeness (QED) is 0.693. The van der Waals surface area contributed by atoms with Gasteiger partial charge in [-0.25, -0.2) is 0 Å². The smallest absolute Gasteiger partial charge is 0.100 e. The van der Waals surface area contributed by atoms with E-state index in [1.165, 1.54) is 19.3 Å². The van der Waals surface area contributed by atoms with Crippen LogP contribution < -0.4 is 0 Å². The molecule has 2 heteroatoms. The molecule has 20 heavy (non-hydrogen) atoms. The molecule has 0 N–H and O–H groups in total. The Morgan fingerprint density at radius 1 is 0.850 bits per heavy atom. The summed E-state index contributed by atoms with van der Waals surface area (Å²) in [5.74, 6) is 5.58. The predicted octanol–water partition coefficient (Wildman–Crippen LogP) is 4.65. The Morgan fingerprint density at radius 3 is 2.30 bits per heavy atom. The second-order valence-corrected chi connectivity index (χ2v) is 6.93. The number of hydrogen-bond acceptors (Lipinski definition) is 2. The summed E-state index contributed by atoms with van der Waals surface area (Å²) in [6.45, 7) is 16.7. The zero-order chi connectivity index (χ0) is 14.4. The molecule has 2 nitrogen and oxygen atoms in total. The number of hydrogen-bond donors (Lipinski definition) is 0. The molecular weight excluding hydrogens is 248 g/mol. The van der Waals surface area contributed by atoms with Crippen molar-refractivity contribution in [3.63, 3.8) is 0 Å². The SMILES string of the molecule is C=C1O[C@@H](C)C(C)CC1C1CCC2C(=C)OC(=C)C2C1. The Balaban J connectivity index is 1.71. The minimum absolute atomic E-state index is 0.305. The zero-order valence-electron chi connectivity index (χ0n) is 12.7. The van der Waals surface area contributed by atoms with Crippen LogP contribution in [0.4, 0.5) is 0 Å². The Kier molecular flexibility index (Phi) is 3.43. The first-order valence-corrected chi connectivity index (χ1v) is 7.88. The lowest BCUT2D eigenvalue weighted by molar-refractivity contribution is -0.00721. The van der Waals surface area contributed by atoms with Crippen LogP contribution in [0.25, 0.3) is 0 Å². The third-order valence-electron chi connectivity index (χ3n) is 5.73. The molecule has 2 heterocycles. The number of rotatable bonds is 1. The van der Waals surface area contributed by atoms with Crippen molar-refractivity contribution in [2.75, 3.05) is 0 Å². The van der Waals surface area contributed by atoms with E-state index in [1.807, 2.05) is 0 Å². The van der Waals surface area contributed by atoms with E-state index in [0.29, 0.717) is 35.7 Å². The van der Waals surface area contributed by atoms with E-state index < -0.39 is 0 Å². The topological polar surface area (TPSA) is 18.5 Å². The summed E-state index contributed by atoms with van der Waals surface area (Å²) in [4.78, 5) is 0. The molecular formula is C18H26O2. The van der Waals surface area contributed by atoms with Crippen LogP contribution in [0.2, 0.25) is 0 Å². The lowest BCUT2D eigenvalue weighted by Crippen LogP contribution is -2.35. The normalized spacial score (nSPS) is 44.8. The van der Waals surface area contributed by atoms with Gasteiger partial charge in [0.05, 0.1) is 11.9 Å². The van der Waals surface area contributed by atoms with Crippen molar-refractivity contribution >= 4 is 0 Å². The fraction of sp³-hybridized carbons (Fsp3) is 0.667. The molecule has 6 atom stereocenters. The van der Waals surface area contributed by atoms with Crippen LogP contribution in [0.15, 0.2) is 37.0 Å². The van der Waals surface area contributed by atoms with Crippen LogP contribution in [0.5, 0.6) is 0 Å². The molecule has 1 aliphatic carbocycles. The largest absolute Gasteiger partial charge is 0.495 e. The highest BCUT2D eigenvalue weighted by molar-refractivity contribution is 5.17. The molecule has 0 amide bonds. The number of ether oxygens (including phenoxy) is 2. The third kappa shape index (κ3) is 2.19. The van der Waals surface area contributed by atoms with Gasteiger partial charge in [0.1, 0.15) is 11.5 Å². The van der Waals surface area contributed by atoms with Crippen molar-refractivity contribution in [3.05, 3.63) is 37.0 Å². The Hall–Kier alpha value is -1.18.